The fourth-order valence-corrected chi connectivity index (χ4v) is 5.08. The average molecular weight is 439 g/mol. The number of β-lactam (4-membered cyclic amide) rings is 1. The van der Waals surface area contributed by atoms with E-state index in [0.717, 1.165) is 11.1 Å². The zero-order chi connectivity index (χ0) is 22.0. The molecule has 31 heavy (non-hydrogen) atoms. The molecule has 0 radical (unpaired) electrons. The van der Waals surface area contributed by atoms with Gasteiger partial charge in [0, 0.05) is 11.8 Å². The third kappa shape index (κ3) is 4.08. The van der Waals surface area contributed by atoms with Crippen LogP contribution in [0.5, 0.6) is 0 Å². The number of rotatable bonds is 5. The van der Waals surface area contributed by atoms with Gasteiger partial charge in [-0.25, -0.2) is 9.59 Å². The molecule has 0 bridgehead atoms. The highest BCUT2D eigenvalue weighted by atomic mass is 32.2. The van der Waals surface area contributed by atoms with Crippen LogP contribution in [0.4, 0.5) is 0 Å². The number of benzene rings is 2. The summed E-state index contributed by atoms with van der Waals surface area (Å²) in [6, 6.07) is 17.1. The Morgan fingerprint density at radius 2 is 1.68 bits per heavy atom. The van der Waals surface area contributed by atoms with Crippen molar-refractivity contribution in [1.82, 2.24) is 4.90 Å². The van der Waals surface area contributed by atoms with Crippen molar-refractivity contribution in [3.8, 4) is 0 Å². The topological polar surface area (TPSA) is 98.9 Å². The molecule has 7 nitrogen and oxygen atoms in total. The summed E-state index contributed by atoms with van der Waals surface area (Å²) >= 11 is 1.41. The minimum atomic E-state index is -1.02. The van der Waals surface area contributed by atoms with Crippen LogP contribution in [-0.4, -0.2) is 53.1 Å². The Kier molecular flexibility index (Phi) is 6.11. The fraction of sp³-hybridized carbons (Fsp3) is 0.261. The maximum absolute atomic E-state index is 13.4. The molecule has 0 spiro atoms. The Bertz CT molecular complexity index is 972. The van der Waals surface area contributed by atoms with Gasteiger partial charge in [-0.05, 0) is 16.7 Å². The third-order valence-electron chi connectivity index (χ3n) is 5.34. The number of fused-ring (bicyclic) bond motifs is 1. The SMILES string of the molecule is COC(=O)/C=C1\CS[C@@H]2[C@H](N)C(=O)N2C1C(=O)OC(c1ccccc1)c1ccccc1. The van der Waals surface area contributed by atoms with Crippen LogP contribution in [0.2, 0.25) is 0 Å². The van der Waals surface area contributed by atoms with E-state index in [9.17, 15) is 14.4 Å². The molecule has 0 aliphatic carbocycles. The monoisotopic (exact) mass is 438 g/mol. The zero-order valence-electron chi connectivity index (χ0n) is 16.8. The number of carbonyl (C=O) groups excluding carboxylic acids is 3. The number of hydrogen-bond donors (Lipinski definition) is 1. The molecule has 1 amide bonds. The number of carbonyl (C=O) groups is 3. The smallest absolute Gasteiger partial charge is 0.334 e. The van der Waals surface area contributed by atoms with E-state index in [4.69, 9.17) is 15.2 Å². The van der Waals surface area contributed by atoms with Crippen molar-refractivity contribution in [2.24, 2.45) is 5.73 Å². The van der Waals surface area contributed by atoms with Crippen molar-refractivity contribution >= 4 is 29.6 Å². The number of methoxy groups -OCH3 is 1. The highest BCUT2D eigenvalue weighted by Crippen LogP contribution is 2.40. The van der Waals surface area contributed by atoms with Crippen LogP contribution in [0.3, 0.4) is 0 Å². The van der Waals surface area contributed by atoms with Crippen molar-refractivity contribution in [2.75, 3.05) is 12.9 Å². The van der Waals surface area contributed by atoms with E-state index in [-0.39, 0.29) is 11.3 Å². The summed E-state index contributed by atoms with van der Waals surface area (Å²) in [5.74, 6) is -1.17. The van der Waals surface area contributed by atoms with Crippen LogP contribution < -0.4 is 5.73 Å². The van der Waals surface area contributed by atoms with Crippen LogP contribution in [0, 0.1) is 0 Å². The molecule has 4 rings (SSSR count). The number of esters is 2. The van der Waals surface area contributed by atoms with E-state index in [1.807, 2.05) is 60.7 Å². The molecule has 2 aromatic carbocycles. The van der Waals surface area contributed by atoms with Gasteiger partial charge in [0.05, 0.1) is 7.11 Å². The molecule has 160 valence electrons. The van der Waals surface area contributed by atoms with Crippen LogP contribution in [0.1, 0.15) is 17.2 Å². The first-order valence-electron chi connectivity index (χ1n) is 9.79. The summed E-state index contributed by atoms with van der Waals surface area (Å²) in [5.41, 5.74) is 7.98. The molecule has 2 aromatic rings. The van der Waals surface area contributed by atoms with Gasteiger partial charge in [0.2, 0.25) is 5.91 Å². The normalized spacial score (nSPS) is 23.8. The predicted molar refractivity (Wildman–Crippen MR) is 116 cm³/mol. The van der Waals surface area contributed by atoms with Crippen LogP contribution in [0.25, 0.3) is 0 Å². The molecule has 1 unspecified atom stereocenters. The van der Waals surface area contributed by atoms with Gasteiger partial charge in [-0.2, -0.15) is 0 Å². The fourth-order valence-electron chi connectivity index (χ4n) is 3.77. The van der Waals surface area contributed by atoms with Gasteiger partial charge in [0.25, 0.3) is 0 Å². The number of hydrogen-bond acceptors (Lipinski definition) is 7. The highest BCUT2D eigenvalue weighted by Gasteiger charge is 2.55. The van der Waals surface area contributed by atoms with Crippen molar-refractivity contribution in [3.63, 3.8) is 0 Å². The summed E-state index contributed by atoms with van der Waals surface area (Å²) in [7, 11) is 1.26. The summed E-state index contributed by atoms with van der Waals surface area (Å²) in [4.78, 5) is 39.2. The molecule has 2 fully saturated rings. The first-order chi connectivity index (χ1) is 15.0. The second-order valence-electron chi connectivity index (χ2n) is 7.26. The summed E-state index contributed by atoms with van der Waals surface area (Å²) < 4.78 is 10.7. The summed E-state index contributed by atoms with van der Waals surface area (Å²) in [5, 5.41) is -0.327. The maximum atomic E-state index is 13.4. The Morgan fingerprint density at radius 3 is 2.23 bits per heavy atom. The molecule has 3 atom stereocenters. The summed E-state index contributed by atoms with van der Waals surface area (Å²) in [6.45, 7) is 0. The Labute approximate surface area is 184 Å². The molecule has 2 aliphatic heterocycles. The second kappa shape index (κ2) is 8.95. The molecular formula is C23H22N2O5S. The zero-order valence-corrected chi connectivity index (χ0v) is 17.7. The summed E-state index contributed by atoms with van der Waals surface area (Å²) in [6.07, 6.45) is 0.596. The van der Waals surface area contributed by atoms with E-state index >= 15 is 0 Å². The van der Waals surface area contributed by atoms with E-state index in [1.54, 1.807) is 0 Å². The Balaban J connectivity index is 1.68. The lowest BCUT2D eigenvalue weighted by Gasteiger charge is -2.51. The number of amides is 1. The van der Waals surface area contributed by atoms with E-state index < -0.39 is 30.1 Å². The molecule has 2 aliphatic rings. The van der Waals surface area contributed by atoms with Crippen LogP contribution in [-0.2, 0) is 23.9 Å². The predicted octanol–water partition coefficient (Wildman–Crippen LogP) is 2.03. The molecular weight excluding hydrogens is 416 g/mol. The van der Waals surface area contributed by atoms with Crippen molar-refractivity contribution < 1.29 is 23.9 Å². The second-order valence-corrected chi connectivity index (χ2v) is 8.36. The van der Waals surface area contributed by atoms with Gasteiger partial charge in [-0.15, -0.1) is 11.8 Å². The van der Waals surface area contributed by atoms with Gasteiger partial charge >= 0.3 is 11.9 Å². The number of nitrogens with zero attached hydrogens (tertiary/aromatic N) is 1. The molecule has 2 saturated heterocycles. The van der Waals surface area contributed by atoms with Crippen LogP contribution >= 0.6 is 11.8 Å². The quantitative estimate of drug-likeness (QED) is 0.433. The van der Waals surface area contributed by atoms with E-state index in [2.05, 4.69) is 0 Å². The van der Waals surface area contributed by atoms with Crippen molar-refractivity contribution in [1.29, 1.82) is 0 Å². The van der Waals surface area contributed by atoms with Gasteiger partial charge < -0.3 is 20.1 Å². The molecule has 2 N–H and O–H groups in total. The number of thioether (sulfide) groups is 1. The number of ether oxygens (including phenoxy) is 2. The molecule has 0 aromatic heterocycles. The minimum absolute atomic E-state index is 0.327. The largest absolute Gasteiger partial charge is 0.466 e. The molecule has 2 heterocycles. The molecule has 0 saturated carbocycles. The van der Waals surface area contributed by atoms with Crippen LogP contribution in [0.15, 0.2) is 72.3 Å². The third-order valence-corrected chi connectivity index (χ3v) is 6.70. The molecule has 8 heteroatoms. The lowest BCUT2D eigenvalue weighted by atomic mass is 9.97. The Morgan fingerprint density at radius 1 is 1.10 bits per heavy atom. The highest BCUT2D eigenvalue weighted by molar-refractivity contribution is 8.00. The van der Waals surface area contributed by atoms with Gasteiger partial charge in [0.15, 0.2) is 12.1 Å². The first-order valence-corrected chi connectivity index (χ1v) is 10.8. The average Bonchev–Trinajstić information content (AvgIpc) is 2.82. The lowest BCUT2D eigenvalue weighted by Crippen LogP contribution is -2.73. The lowest BCUT2D eigenvalue weighted by molar-refractivity contribution is -0.164. The maximum Gasteiger partial charge on any atom is 0.334 e. The first kappa shape index (κ1) is 21.1. The standard InChI is InChI=1S/C23H22N2O5S/c1-29-17(26)12-16-13-31-22-18(24)21(27)25(22)19(16)23(28)30-20(14-8-4-2-5-9-14)15-10-6-3-7-11-15/h2-12,18-20,22H,13,24H2,1H3/b16-12+/t18-,19?,22-/m1/s1. The van der Waals surface area contributed by atoms with Gasteiger partial charge in [-0.1, -0.05) is 60.7 Å². The van der Waals surface area contributed by atoms with Crippen molar-refractivity contribution in [3.05, 3.63) is 83.4 Å². The minimum Gasteiger partial charge on any atom is -0.466 e. The van der Waals surface area contributed by atoms with Gasteiger partial charge in [-0.3, -0.25) is 4.79 Å². The Hall–Kier alpha value is -3.10. The van der Waals surface area contributed by atoms with Gasteiger partial charge in [0.1, 0.15) is 11.4 Å². The number of nitrogens with two attached hydrogens (primary N) is 1. The van der Waals surface area contributed by atoms with Crippen molar-refractivity contribution in [2.45, 2.75) is 23.6 Å². The van der Waals surface area contributed by atoms with E-state index in [1.165, 1.54) is 29.8 Å². The van der Waals surface area contributed by atoms with E-state index in [0.29, 0.717) is 11.3 Å².